The largest absolute Gasteiger partial charge is 0.395 e. The summed E-state index contributed by atoms with van der Waals surface area (Å²) in [7, 11) is 1.77. The Morgan fingerprint density at radius 1 is 1.86 bits per heavy atom. The first-order chi connectivity index (χ1) is 3.35. The van der Waals surface area contributed by atoms with Crippen LogP contribution in [0.15, 0.2) is 0 Å². The first-order valence-electron chi connectivity index (χ1n) is 2.33. The van der Waals surface area contributed by atoms with Crippen LogP contribution in [0, 0.1) is 0 Å². The Bertz CT molecular complexity index is 31.2. The fourth-order valence-electron chi connectivity index (χ4n) is 0.284. The minimum Gasteiger partial charge on any atom is -0.395 e. The highest BCUT2D eigenvalue weighted by Gasteiger charge is 1.96. The Morgan fingerprint density at radius 3 is 2.43 bits per heavy atom. The van der Waals surface area contributed by atoms with Gasteiger partial charge in [-0.3, -0.25) is 0 Å². The molecule has 0 aromatic rings. The number of hydrogen-bond donors (Lipinski definition) is 3. The van der Waals surface area contributed by atoms with Gasteiger partial charge in [0.05, 0.1) is 6.61 Å². The Hall–Kier alpha value is -0.120. The van der Waals surface area contributed by atoms with Crippen LogP contribution in [0.4, 0.5) is 0 Å². The van der Waals surface area contributed by atoms with Crippen molar-refractivity contribution in [3.05, 3.63) is 0 Å². The second kappa shape index (κ2) is 4.05. The third-order valence-corrected chi connectivity index (χ3v) is 0.913. The average molecular weight is 104 g/mol. The molecule has 0 saturated heterocycles. The maximum atomic E-state index is 8.38. The molecule has 4 N–H and O–H groups in total. The van der Waals surface area contributed by atoms with E-state index in [9.17, 15) is 0 Å². The van der Waals surface area contributed by atoms with Crippen molar-refractivity contribution in [2.45, 2.75) is 6.04 Å². The number of likely N-dealkylation sites (N-methyl/N-ethyl adjacent to an activating group) is 1. The van der Waals surface area contributed by atoms with Gasteiger partial charge < -0.3 is 16.2 Å². The van der Waals surface area contributed by atoms with Gasteiger partial charge in [-0.25, -0.2) is 0 Å². The molecule has 0 aliphatic rings. The summed E-state index contributed by atoms with van der Waals surface area (Å²) < 4.78 is 0. The Labute approximate surface area is 43.5 Å². The lowest BCUT2D eigenvalue weighted by molar-refractivity contribution is 0.252. The molecule has 0 amide bonds. The minimum absolute atomic E-state index is 0.0694. The summed E-state index contributed by atoms with van der Waals surface area (Å²) in [5.74, 6) is 0. The summed E-state index contributed by atoms with van der Waals surface area (Å²) in [6.45, 7) is 0.611. The zero-order valence-corrected chi connectivity index (χ0v) is 4.52. The molecule has 0 radical (unpaired) electrons. The molecule has 1 atom stereocenters. The fraction of sp³-hybridized carbons (Fsp3) is 1.00. The molecule has 0 aliphatic carbocycles. The van der Waals surface area contributed by atoms with Crippen LogP contribution in [0.3, 0.4) is 0 Å². The highest BCUT2D eigenvalue weighted by Crippen LogP contribution is 1.70. The molecule has 0 spiro atoms. The summed E-state index contributed by atoms with van der Waals surface area (Å²) in [6, 6.07) is 0.0694. The van der Waals surface area contributed by atoms with Crippen LogP contribution in [-0.2, 0) is 0 Å². The standard InChI is InChI=1S/C4H12N2O/c1-6-4(2-5)3-7/h4,6-7H,2-3,5H2,1H3/t4-/m0/s1. The van der Waals surface area contributed by atoms with E-state index in [-0.39, 0.29) is 12.6 Å². The molecule has 0 saturated carbocycles. The van der Waals surface area contributed by atoms with Crippen molar-refractivity contribution >= 4 is 0 Å². The zero-order valence-electron chi connectivity index (χ0n) is 4.52. The van der Waals surface area contributed by atoms with Gasteiger partial charge in [0.1, 0.15) is 0 Å². The number of nitrogens with two attached hydrogens (primary N) is 1. The number of hydrogen-bond acceptors (Lipinski definition) is 3. The van der Waals surface area contributed by atoms with E-state index in [1.165, 1.54) is 0 Å². The number of aliphatic hydroxyl groups is 1. The van der Waals surface area contributed by atoms with Crippen LogP contribution < -0.4 is 11.1 Å². The first-order valence-corrected chi connectivity index (χ1v) is 2.33. The van der Waals surface area contributed by atoms with Crippen LogP contribution in [0.2, 0.25) is 0 Å². The lowest BCUT2D eigenvalue weighted by Crippen LogP contribution is -2.36. The topological polar surface area (TPSA) is 58.3 Å². The van der Waals surface area contributed by atoms with E-state index < -0.39 is 0 Å². The maximum absolute atomic E-state index is 8.38. The average Bonchev–Trinajstić information content (AvgIpc) is 1.72. The normalized spacial score (nSPS) is 14.1. The summed E-state index contributed by atoms with van der Waals surface area (Å²) in [4.78, 5) is 0. The first kappa shape index (κ1) is 6.88. The summed E-state index contributed by atoms with van der Waals surface area (Å²) in [6.07, 6.45) is 0. The van der Waals surface area contributed by atoms with Crippen LogP contribution in [0.5, 0.6) is 0 Å². The van der Waals surface area contributed by atoms with Crippen molar-refractivity contribution < 1.29 is 5.11 Å². The van der Waals surface area contributed by atoms with E-state index in [1.807, 2.05) is 0 Å². The van der Waals surface area contributed by atoms with E-state index in [2.05, 4.69) is 5.32 Å². The second-order valence-electron chi connectivity index (χ2n) is 1.40. The van der Waals surface area contributed by atoms with Crippen molar-refractivity contribution in [3.8, 4) is 0 Å². The summed E-state index contributed by atoms with van der Waals surface area (Å²) >= 11 is 0. The molecule has 3 heteroatoms. The zero-order chi connectivity index (χ0) is 5.70. The minimum atomic E-state index is 0.0694. The van der Waals surface area contributed by atoms with Crippen molar-refractivity contribution in [3.63, 3.8) is 0 Å². The Morgan fingerprint density at radius 2 is 2.43 bits per heavy atom. The predicted octanol–water partition coefficient (Wildman–Crippen LogP) is -1.47. The van der Waals surface area contributed by atoms with Crippen LogP contribution in [-0.4, -0.2) is 31.3 Å². The molecule has 0 bridgehead atoms. The molecule has 3 nitrogen and oxygen atoms in total. The molecular weight excluding hydrogens is 92.1 g/mol. The van der Waals surface area contributed by atoms with Gasteiger partial charge in [0.15, 0.2) is 0 Å². The molecule has 7 heavy (non-hydrogen) atoms. The highest BCUT2D eigenvalue weighted by atomic mass is 16.3. The van der Waals surface area contributed by atoms with Gasteiger partial charge in [-0.05, 0) is 7.05 Å². The van der Waals surface area contributed by atoms with Gasteiger partial charge in [-0.2, -0.15) is 0 Å². The van der Waals surface area contributed by atoms with E-state index in [0.29, 0.717) is 6.54 Å². The molecule has 0 aromatic carbocycles. The number of aliphatic hydroxyl groups excluding tert-OH is 1. The van der Waals surface area contributed by atoms with Gasteiger partial charge in [-0.1, -0.05) is 0 Å². The summed E-state index contributed by atoms with van der Waals surface area (Å²) in [5, 5.41) is 11.2. The third kappa shape index (κ3) is 2.56. The highest BCUT2D eigenvalue weighted by molar-refractivity contribution is 4.60. The molecule has 0 aliphatic heterocycles. The maximum Gasteiger partial charge on any atom is 0.0596 e. The molecule has 0 unspecified atom stereocenters. The Balaban J connectivity index is 2.99. The van der Waals surface area contributed by atoms with Crippen LogP contribution >= 0.6 is 0 Å². The molecule has 0 heterocycles. The molecule has 0 aromatic heterocycles. The van der Waals surface area contributed by atoms with Crippen molar-refractivity contribution in [1.82, 2.24) is 5.32 Å². The molecule has 44 valence electrons. The van der Waals surface area contributed by atoms with Gasteiger partial charge in [0, 0.05) is 12.6 Å². The summed E-state index contributed by atoms with van der Waals surface area (Å²) in [5.41, 5.74) is 5.17. The molecule has 0 fully saturated rings. The van der Waals surface area contributed by atoms with Crippen LogP contribution in [0.1, 0.15) is 0 Å². The van der Waals surface area contributed by atoms with E-state index in [0.717, 1.165) is 0 Å². The van der Waals surface area contributed by atoms with E-state index in [4.69, 9.17) is 10.8 Å². The Kier molecular flexibility index (Phi) is 3.98. The van der Waals surface area contributed by atoms with Gasteiger partial charge >= 0.3 is 0 Å². The second-order valence-corrected chi connectivity index (χ2v) is 1.40. The molecule has 0 rings (SSSR count). The van der Waals surface area contributed by atoms with Crippen molar-refractivity contribution in [2.24, 2.45) is 5.73 Å². The lowest BCUT2D eigenvalue weighted by Gasteiger charge is -2.07. The van der Waals surface area contributed by atoms with Crippen LogP contribution in [0.25, 0.3) is 0 Å². The quantitative estimate of drug-likeness (QED) is 0.409. The number of rotatable bonds is 3. The predicted molar refractivity (Wildman–Crippen MR) is 29.0 cm³/mol. The molecular formula is C4H12N2O. The number of nitrogens with one attached hydrogen (secondary N) is 1. The third-order valence-electron chi connectivity index (χ3n) is 0.913. The smallest absolute Gasteiger partial charge is 0.0596 e. The van der Waals surface area contributed by atoms with E-state index in [1.54, 1.807) is 7.05 Å². The van der Waals surface area contributed by atoms with Gasteiger partial charge in [-0.15, -0.1) is 0 Å². The van der Waals surface area contributed by atoms with E-state index >= 15 is 0 Å². The SMILES string of the molecule is CN[C@@H](CN)CO. The van der Waals surface area contributed by atoms with Crippen molar-refractivity contribution in [2.75, 3.05) is 20.2 Å². The fourth-order valence-corrected chi connectivity index (χ4v) is 0.284. The van der Waals surface area contributed by atoms with Crippen molar-refractivity contribution in [1.29, 1.82) is 0 Å². The monoisotopic (exact) mass is 104 g/mol. The van der Waals surface area contributed by atoms with Gasteiger partial charge in [0.25, 0.3) is 0 Å². The van der Waals surface area contributed by atoms with Gasteiger partial charge in [0.2, 0.25) is 0 Å². The lowest BCUT2D eigenvalue weighted by atomic mass is 10.3.